The van der Waals surface area contributed by atoms with E-state index in [9.17, 15) is 18.0 Å². The lowest BCUT2D eigenvalue weighted by Gasteiger charge is -2.23. The molecule has 4 rings (SSSR count). The number of carbonyl (C=O) groups is 1. The van der Waals surface area contributed by atoms with Gasteiger partial charge in [-0.25, -0.2) is 4.98 Å². The number of hydrogen-bond acceptors (Lipinski definition) is 4. The van der Waals surface area contributed by atoms with Crippen molar-refractivity contribution in [1.82, 2.24) is 9.97 Å². The van der Waals surface area contributed by atoms with Gasteiger partial charge in [-0.05, 0) is 61.6 Å². The van der Waals surface area contributed by atoms with Crippen molar-refractivity contribution in [3.8, 4) is 11.6 Å². The van der Waals surface area contributed by atoms with E-state index in [1.807, 2.05) is 24.3 Å². The van der Waals surface area contributed by atoms with Crippen LogP contribution in [0.5, 0.6) is 11.6 Å². The zero-order chi connectivity index (χ0) is 23.3. The minimum absolute atomic E-state index is 0. The van der Waals surface area contributed by atoms with Crippen LogP contribution < -0.4 is 10.1 Å². The van der Waals surface area contributed by atoms with Gasteiger partial charge in [-0.15, -0.1) is 12.4 Å². The second-order valence-corrected chi connectivity index (χ2v) is 7.87. The lowest BCUT2D eigenvalue weighted by molar-refractivity contribution is -0.137. The standard InChI is InChI=1S/C25H22F3N3O2.ClH/c26-25(27,28)20-10-11-23(30-15-20)33-22-5-1-3-18(14-22)13-17-6-8-19(9-7-17)24(32)31-21-4-2-12-29-16-21;/h1-5,10-16,19H,6-9H2,(H,31,32);1H. The molecule has 1 fully saturated rings. The molecule has 0 spiro atoms. The Morgan fingerprint density at radius 3 is 2.50 bits per heavy atom. The predicted octanol–water partition coefficient (Wildman–Crippen LogP) is 6.92. The van der Waals surface area contributed by atoms with Crippen LogP contribution in [0, 0.1) is 5.92 Å². The van der Waals surface area contributed by atoms with Gasteiger partial charge in [0.15, 0.2) is 0 Å². The van der Waals surface area contributed by atoms with Crippen molar-refractivity contribution in [2.45, 2.75) is 31.9 Å². The van der Waals surface area contributed by atoms with Gasteiger partial charge in [0, 0.05) is 24.4 Å². The van der Waals surface area contributed by atoms with Crippen molar-refractivity contribution in [1.29, 1.82) is 0 Å². The molecule has 9 heteroatoms. The first kappa shape index (κ1) is 25.2. The largest absolute Gasteiger partial charge is 0.439 e. The minimum atomic E-state index is -4.43. The Morgan fingerprint density at radius 2 is 1.85 bits per heavy atom. The Morgan fingerprint density at radius 1 is 1.06 bits per heavy atom. The van der Waals surface area contributed by atoms with Gasteiger partial charge >= 0.3 is 6.18 Å². The number of aromatic nitrogens is 2. The summed E-state index contributed by atoms with van der Waals surface area (Å²) >= 11 is 0. The van der Waals surface area contributed by atoms with E-state index in [2.05, 4.69) is 21.4 Å². The second-order valence-electron chi connectivity index (χ2n) is 7.87. The number of nitrogens with zero attached hydrogens (tertiary/aromatic N) is 2. The molecule has 5 nitrogen and oxygen atoms in total. The molecule has 0 bridgehead atoms. The minimum Gasteiger partial charge on any atom is -0.439 e. The van der Waals surface area contributed by atoms with E-state index >= 15 is 0 Å². The number of hydrogen-bond donors (Lipinski definition) is 1. The molecule has 1 aliphatic rings. The van der Waals surface area contributed by atoms with Crippen molar-refractivity contribution in [3.63, 3.8) is 0 Å². The van der Waals surface area contributed by atoms with Crippen LogP contribution in [0.25, 0.3) is 6.08 Å². The maximum Gasteiger partial charge on any atom is 0.417 e. The fourth-order valence-corrected chi connectivity index (χ4v) is 3.71. The number of nitrogens with one attached hydrogen (secondary N) is 1. The topological polar surface area (TPSA) is 64.1 Å². The van der Waals surface area contributed by atoms with Gasteiger partial charge in [-0.1, -0.05) is 23.8 Å². The third-order valence-corrected chi connectivity index (χ3v) is 5.44. The van der Waals surface area contributed by atoms with Crippen LogP contribution in [-0.4, -0.2) is 15.9 Å². The average molecular weight is 490 g/mol. The fourth-order valence-electron chi connectivity index (χ4n) is 3.71. The molecule has 0 atom stereocenters. The van der Waals surface area contributed by atoms with Gasteiger partial charge in [0.1, 0.15) is 5.75 Å². The van der Waals surface area contributed by atoms with E-state index < -0.39 is 11.7 Å². The quantitative estimate of drug-likeness (QED) is 0.422. The van der Waals surface area contributed by atoms with E-state index in [1.54, 1.807) is 24.5 Å². The molecule has 0 unspecified atom stereocenters. The summed E-state index contributed by atoms with van der Waals surface area (Å²) in [5.41, 5.74) is 2.04. The van der Waals surface area contributed by atoms with Crippen LogP contribution in [0.15, 0.2) is 72.7 Å². The Balaban J connectivity index is 0.00000324. The first-order valence-electron chi connectivity index (χ1n) is 10.6. The number of alkyl halides is 3. The molecule has 2 aromatic heterocycles. The third kappa shape index (κ3) is 6.81. The summed E-state index contributed by atoms with van der Waals surface area (Å²) in [6.45, 7) is 0. The highest BCUT2D eigenvalue weighted by atomic mass is 35.5. The maximum absolute atomic E-state index is 12.7. The highest BCUT2D eigenvalue weighted by Gasteiger charge is 2.30. The van der Waals surface area contributed by atoms with Gasteiger partial charge in [0.25, 0.3) is 0 Å². The second kappa shape index (κ2) is 11.2. The molecule has 1 aromatic carbocycles. The molecule has 1 amide bonds. The van der Waals surface area contributed by atoms with E-state index in [4.69, 9.17) is 4.74 Å². The monoisotopic (exact) mass is 489 g/mol. The summed E-state index contributed by atoms with van der Waals surface area (Å²) < 4.78 is 43.6. The van der Waals surface area contributed by atoms with E-state index in [1.165, 1.54) is 11.6 Å². The molecule has 1 N–H and O–H groups in total. The van der Waals surface area contributed by atoms with Crippen LogP contribution in [0.3, 0.4) is 0 Å². The summed E-state index contributed by atoms with van der Waals surface area (Å²) in [4.78, 5) is 20.2. The normalized spacial score (nSPS) is 15.7. The van der Waals surface area contributed by atoms with Crippen LogP contribution in [0.1, 0.15) is 36.8 Å². The number of anilines is 1. The average Bonchev–Trinajstić information content (AvgIpc) is 2.80. The molecular weight excluding hydrogens is 467 g/mol. The smallest absolute Gasteiger partial charge is 0.417 e. The maximum atomic E-state index is 12.7. The predicted molar refractivity (Wildman–Crippen MR) is 126 cm³/mol. The molecule has 3 aromatic rings. The highest BCUT2D eigenvalue weighted by Crippen LogP contribution is 2.32. The van der Waals surface area contributed by atoms with E-state index in [0.29, 0.717) is 11.4 Å². The van der Waals surface area contributed by atoms with Crippen molar-refractivity contribution in [2.75, 3.05) is 5.32 Å². The van der Waals surface area contributed by atoms with Crippen molar-refractivity contribution in [2.24, 2.45) is 5.92 Å². The zero-order valence-corrected chi connectivity index (χ0v) is 18.9. The molecule has 0 saturated heterocycles. The van der Waals surface area contributed by atoms with Gasteiger partial charge in [0.05, 0.1) is 17.4 Å². The molecule has 0 aliphatic heterocycles. The van der Waals surface area contributed by atoms with Gasteiger partial charge < -0.3 is 10.1 Å². The number of amides is 1. The lowest BCUT2D eigenvalue weighted by Crippen LogP contribution is -2.25. The summed E-state index contributed by atoms with van der Waals surface area (Å²) in [5, 5.41) is 2.91. The molecule has 1 aliphatic carbocycles. The van der Waals surface area contributed by atoms with Crippen molar-refractivity contribution < 1.29 is 22.7 Å². The molecule has 0 radical (unpaired) electrons. The summed E-state index contributed by atoms with van der Waals surface area (Å²) in [5.74, 6) is 0.554. The van der Waals surface area contributed by atoms with Gasteiger partial charge in [-0.2, -0.15) is 13.2 Å². The van der Waals surface area contributed by atoms with Crippen LogP contribution >= 0.6 is 12.4 Å². The first-order valence-corrected chi connectivity index (χ1v) is 10.6. The van der Waals surface area contributed by atoms with Crippen LogP contribution in [0.4, 0.5) is 18.9 Å². The molecule has 178 valence electrons. The van der Waals surface area contributed by atoms with Crippen molar-refractivity contribution >= 4 is 30.1 Å². The zero-order valence-electron chi connectivity index (χ0n) is 18.1. The molecule has 34 heavy (non-hydrogen) atoms. The Kier molecular flexibility index (Phi) is 8.28. The molecule has 1 saturated carbocycles. The third-order valence-electron chi connectivity index (χ3n) is 5.44. The molecule has 2 heterocycles. The summed E-state index contributed by atoms with van der Waals surface area (Å²) in [6, 6.07) is 13.0. The number of allylic oxidation sites excluding steroid dienone is 1. The van der Waals surface area contributed by atoms with Gasteiger partial charge in [0.2, 0.25) is 11.8 Å². The Labute approximate surface area is 201 Å². The summed E-state index contributed by atoms with van der Waals surface area (Å²) in [7, 11) is 0. The number of carbonyl (C=O) groups excluding carboxylic acids is 1. The number of pyridine rings is 2. The van der Waals surface area contributed by atoms with E-state index in [0.717, 1.165) is 43.5 Å². The molecular formula is C25H23ClF3N3O2. The Bertz CT molecular complexity index is 1130. The SMILES string of the molecule is Cl.O=C(Nc1cccnc1)C1CCC(=Cc2cccc(Oc3ccc(C(F)(F)F)cn3)c2)CC1. The number of rotatable bonds is 5. The number of benzene rings is 1. The Hall–Kier alpha value is -3.39. The van der Waals surface area contributed by atoms with Crippen LogP contribution in [0.2, 0.25) is 0 Å². The fraction of sp³-hybridized carbons (Fsp3) is 0.240. The van der Waals surface area contributed by atoms with Crippen LogP contribution in [-0.2, 0) is 11.0 Å². The first-order chi connectivity index (χ1) is 15.9. The lowest BCUT2D eigenvalue weighted by atomic mass is 9.84. The summed E-state index contributed by atoms with van der Waals surface area (Å²) in [6.07, 6.45) is 4.84. The number of ether oxygens (including phenoxy) is 1. The van der Waals surface area contributed by atoms with E-state index in [-0.39, 0.29) is 30.1 Å². The highest BCUT2D eigenvalue weighted by molar-refractivity contribution is 5.92. The van der Waals surface area contributed by atoms with Crippen molar-refractivity contribution in [3.05, 3.63) is 83.8 Å². The van der Waals surface area contributed by atoms with Gasteiger partial charge in [-0.3, -0.25) is 9.78 Å². The number of halogens is 4.